The van der Waals surface area contributed by atoms with E-state index in [4.69, 9.17) is 0 Å². The van der Waals surface area contributed by atoms with Gasteiger partial charge >= 0.3 is 139 Å². The summed E-state index contributed by atoms with van der Waals surface area (Å²) in [5, 5.41) is 0. The number of hydrogen-bond acceptors (Lipinski definition) is 0. The molecule has 2 radical (unpaired) electrons. The average Bonchev–Trinajstić information content (AvgIpc) is 1.64. The van der Waals surface area contributed by atoms with Crippen molar-refractivity contribution < 1.29 is 0 Å². The summed E-state index contributed by atoms with van der Waals surface area (Å²) < 4.78 is 2.70. The molecule has 0 aliphatic heterocycles. The number of hydrogen-bond donors (Lipinski definition) is 0. The average molecular weight is 468 g/mol. The molecule has 0 amide bonds. The molecule has 0 atom stereocenters. The second-order valence-corrected chi connectivity index (χ2v) is 31.2. The maximum absolute atomic E-state index is 2.37. The van der Waals surface area contributed by atoms with Gasteiger partial charge in [0.2, 0.25) is 0 Å². The molecule has 2 heteroatoms. The third kappa shape index (κ3) is 26.2. The Kier molecular flexibility index (Phi) is 9.19. The predicted octanol–water partition coefficient (Wildman–Crippen LogP) is 5.72. The summed E-state index contributed by atoms with van der Waals surface area (Å²) in [5.74, 6) is 0. The third-order valence-electron chi connectivity index (χ3n) is 1.73. The van der Waals surface area contributed by atoms with Gasteiger partial charge < -0.3 is 0 Å². The molecule has 0 N–H and O–H groups in total. The van der Waals surface area contributed by atoms with Crippen LogP contribution in [0.4, 0.5) is 0 Å². The summed E-state index contributed by atoms with van der Waals surface area (Å²) in [5.41, 5.74) is 0. The molecule has 0 aromatic heterocycles. The van der Waals surface area contributed by atoms with Crippen LogP contribution >= 0.6 is 0 Å². The summed E-state index contributed by atoms with van der Waals surface area (Å²) in [6.45, 7) is 28.5. The van der Waals surface area contributed by atoms with E-state index in [1.807, 2.05) is 0 Å². The first-order chi connectivity index (χ1) is 7.41. The molecule has 0 aromatic carbocycles. The van der Waals surface area contributed by atoms with E-state index in [0.29, 0.717) is 13.7 Å². The molecule has 0 aromatic rings. The Labute approximate surface area is 138 Å². The predicted molar refractivity (Wildman–Crippen MR) is 93.2 cm³/mol. The van der Waals surface area contributed by atoms with Gasteiger partial charge in [-0.15, -0.1) is 0 Å². The van der Waals surface area contributed by atoms with E-state index in [1.165, 1.54) is 0 Å². The van der Waals surface area contributed by atoms with Crippen LogP contribution < -0.4 is 0 Å². The van der Waals surface area contributed by atoms with Crippen LogP contribution in [0.15, 0.2) is 0 Å². The molecule has 0 aliphatic rings. The van der Waals surface area contributed by atoms with Crippen LogP contribution in [-0.4, -0.2) is 42.3 Å². The van der Waals surface area contributed by atoms with Crippen molar-refractivity contribution in [2.75, 3.05) is 0 Å². The molecule has 0 bridgehead atoms. The molecule has 0 saturated heterocycles. The molecule has 0 fully saturated rings. The first kappa shape index (κ1) is 21.9. The van der Waals surface area contributed by atoms with E-state index in [-0.39, 0.29) is 42.3 Å². The fraction of sp³-hybridized carbons (Fsp3) is 1.00. The Hall–Kier alpha value is 1.60. The van der Waals surface area contributed by atoms with E-state index < -0.39 is 0 Å². The summed E-state index contributed by atoms with van der Waals surface area (Å²) in [6, 6.07) is 0. The Morgan fingerprint density at radius 1 is 0.333 bits per heavy atom. The van der Waals surface area contributed by atoms with Gasteiger partial charge in [0.05, 0.1) is 0 Å². The molecule has 0 rings (SSSR count). The van der Waals surface area contributed by atoms with Crippen molar-refractivity contribution in [1.29, 1.82) is 0 Å². The Morgan fingerprint density at radius 3 is 0.444 bits per heavy atom. The van der Waals surface area contributed by atoms with E-state index in [9.17, 15) is 0 Å². The topological polar surface area (TPSA) is 0 Å². The molecule has 0 nitrogen and oxygen atoms in total. The first-order valence-corrected chi connectivity index (χ1v) is 13.7. The van der Waals surface area contributed by atoms with Crippen LogP contribution in [0.25, 0.3) is 0 Å². The van der Waals surface area contributed by atoms with Crippen molar-refractivity contribution in [2.45, 2.75) is 96.8 Å². The van der Waals surface area contributed by atoms with E-state index in [2.05, 4.69) is 83.1 Å². The quantitative estimate of drug-likeness (QED) is 0.400. The van der Waals surface area contributed by atoms with Crippen molar-refractivity contribution in [3.8, 4) is 0 Å². The van der Waals surface area contributed by atoms with Gasteiger partial charge in [-0.2, -0.15) is 0 Å². The van der Waals surface area contributed by atoms with E-state index in [0.717, 1.165) is 0 Å². The van der Waals surface area contributed by atoms with Crippen LogP contribution in [0, 0.1) is 0 Å². The first-order valence-electron chi connectivity index (χ1n) is 7.15. The van der Waals surface area contributed by atoms with Crippen LogP contribution in [0.1, 0.15) is 83.1 Å². The van der Waals surface area contributed by atoms with Crippen molar-refractivity contribution in [3.63, 3.8) is 0 Å². The molecule has 0 unspecified atom stereocenters. The van der Waals surface area contributed by atoms with Crippen molar-refractivity contribution in [2.24, 2.45) is 0 Å². The van der Waals surface area contributed by atoms with Crippen molar-refractivity contribution >= 4 is 42.3 Å². The Balaban J connectivity index is 0. The SMILES string of the molecule is C[C](C)(C)[SnH][C](C)(C)C.C[C](C)(C)[SnH][C](C)(C)C. The fourth-order valence-electron chi connectivity index (χ4n) is 2.60. The molecular formula is C16H38Sn2. The zero-order valence-corrected chi connectivity index (χ0v) is 21.7. The van der Waals surface area contributed by atoms with Gasteiger partial charge in [-0.25, -0.2) is 0 Å². The normalized spacial score (nSPS) is 14.0. The second-order valence-electron chi connectivity index (χ2n) is 9.75. The van der Waals surface area contributed by atoms with Gasteiger partial charge in [0, 0.05) is 0 Å². The van der Waals surface area contributed by atoms with Gasteiger partial charge in [0.15, 0.2) is 0 Å². The molecule has 18 heavy (non-hydrogen) atoms. The summed E-state index contributed by atoms with van der Waals surface area (Å²) in [4.78, 5) is 0. The maximum atomic E-state index is 2.37. The van der Waals surface area contributed by atoms with Gasteiger partial charge in [-0.1, -0.05) is 0 Å². The van der Waals surface area contributed by atoms with Crippen molar-refractivity contribution in [3.05, 3.63) is 0 Å². The van der Waals surface area contributed by atoms with Gasteiger partial charge in [0.25, 0.3) is 0 Å². The molecule has 0 aliphatic carbocycles. The van der Waals surface area contributed by atoms with Gasteiger partial charge in [0.1, 0.15) is 0 Å². The molecule has 0 saturated carbocycles. The van der Waals surface area contributed by atoms with E-state index >= 15 is 0 Å². The minimum atomic E-state index is -0.355. The summed E-state index contributed by atoms with van der Waals surface area (Å²) in [7, 11) is 0. The fourth-order valence-corrected chi connectivity index (χ4v) is 17.4. The zero-order chi connectivity index (χ0) is 15.4. The summed E-state index contributed by atoms with van der Waals surface area (Å²) >= 11 is -0.710. The summed E-state index contributed by atoms with van der Waals surface area (Å²) in [6.07, 6.45) is 0. The van der Waals surface area contributed by atoms with Gasteiger partial charge in [-0.05, 0) is 0 Å². The molecule has 0 heterocycles. The van der Waals surface area contributed by atoms with Crippen LogP contribution in [0.3, 0.4) is 0 Å². The minimum absolute atomic E-state index is 0.355. The monoisotopic (exact) mass is 470 g/mol. The second kappa shape index (κ2) is 7.56. The van der Waals surface area contributed by atoms with Gasteiger partial charge in [-0.3, -0.25) is 0 Å². The van der Waals surface area contributed by atoms with Crippen LogP contribution in [0.5, 0.6) is 0 Å². The van der Waals surface area contributed by atoms with Crippen LogP contribution in [0.2, 0.25) is 13.7 Å². The van der Waals surface area contributed by atoms with Crippen LogP contribution in [-0.2, 0) is 0 Å². The number of rotatable bonds is 0. The van der Waals surface area contributed by atoms with Crippen molar-refractivity contribution in [1.82, 2.24) is 0 Å². The molecular weight excluding hydrogens is 430 g/mol. The zero-order valence-electron chi connectivity index (χ0n) is 15.2. The molecule has 0 spiro atoms. The standard InChI is InChI=1S/4C4H9.2Sn.2H/c4*1-4(2)3;;;;/h4*1-3H3;;;;. The molecule has 110 valence electrons. The Bertz CT molecular complexity index is 165. The Morgan fingerprint density at radius 2 is 0.444 bits per heavy atom. The third-order valence-corrected chi connectivity index (χ3v) is 11.6. The van der Waals surface area contributed by atoms with E-state index in [1.54, 1.807) is 0 Å².